The van der Waals surface area contributed by atoms with Gasteiger partial charge < -0.3 is 14.0 Å². The first-order valence-corrected chi connectivity index (χ1v) is 27.4. The Labute approximate surface area is 431 Å². The predicted molar refractivity (Wildman–Crippen MR) is 293 cm³/mol. The zero-order chi connectivity index (χ0) is 50.6. The maximum atomic E-state index is 7.35. The number of fused-ring (bicyclic) bond motifs is 6. The third-order valence-electron chi connectivity index (χ3n) is 13.2. The van der Waals surface area contributed by atoms with Gasteiger partial charge in [-0.25, -0.2) is 0 Å². The number of rotatable bonds is 8. The van der Waals surface area contributed by atoms with Crippen LogP contribution in [0.2, 0.25) is 19.6 Å². The van der Waals surface area contributed by atoms with Crippen LogP contribution in [0.3, 0.4) is 0 Å². The van der Waals surface area contributed by atoms with E-state index in [0.29, 0.717) is 5.56 Å². The molecule has 4 heterocycles. The summed E-state index contributed by atoms with van der Waals surface area (Å²) in [7, 11) is -1.34. The Morgan fingerprint density at radius 2 is 1.33 bits per heavy atom. The molecule has 1 radical (unpaired) electrons. The molecule has 0 unspecified atom stereocenters. The van der Waals surface area contributed by atoms with Crippen LogP contribution in [0.1, 0.15) is 71.6 Å². The summed E-state index contributed by atoms with van der Waals surface area (Å²) in [6.07, 6.45) is 1.92. The molecule has 11 aromatic rings. The molecule has 0 atom stereocenters. The molecular weight excluding hydrogens is 1050 g/mol. The summed E-state index contributed by atoms with van der Waals surface area (Å²) in [6, 6.07) is 58.7. The number of furan rings is 1. The smallest absolute Gasteiger partial charge is 0.121 e. The van der Waals surface area contributed by atoms with Crippen molar-refractivity contribution in [3.05, 3.63) is 198 Å². The summed E-state index contributed by atoms with van der Waals surface area (Å²) in [5.41, 5.74) is 17.9. The molecule has 7 aromatic carbocycles. The zero-order valence-corrected chi connectivity index (χ0v) is 44.6. The Morgan fingerprint density at radius 3 is 1.99 bits per heavy atom. The number of nitrogens with zero attached hydrogens (tertiary/aromatic N) is 4. The fourth-order valence-electron chi connectivity index (χ4n) is 9.36. The van der Waals surface area contributed by atoms with E-state index in [1.54, 1.807) is 12.1 Å². The molecule has 0 aliphatic heterocycles. The summed E-state index contributed by atoms with van der Waals surface area (Å²) in [5, 5.41) is 4.45. The topological polar surface area (TPSA) is 56.7 Å². The second-order valence-corrected chi connectivity index (χ2v) is 24.9. The van der Waals surface area contributed by atoms with Crippen molar-refractivity contribution in [3.8, 4) is 50.6 Å². The third-order valence-corrected chi connectivity index (χ3v) is 15.2. The van der Waals surface area contributed by atoms with Crippen molar-refractivity contribution >= 4 is 57.1 Å². The molecular formula is C63H58IrN4OSi-2. The van der Waals surface area contributed by atoms with Crippen molar-refractivity contribution in [2.24, 2.45) is 0 Å². The molecule has 0 aliphatic carbocycles. The number of benzene rings is 7. The van der Waals surface area contributed by atoms with E-state index >= 15 is 0 Å². The molecule has 0 saturated carbocycles. The SMILES string of the molecule is Cc1ccc(-c2ccc3c(c2)oc2c(-c4nc5c6ccccc6nc(C)c5n4-c4c(C(C)C)cc(-c5ccccc5)cc4C(C)C)[c-]ccc23)cc1.[2H]C([2H])([2H])c1c[c-]c(-c2ccc([Si](C)(C)C)cn2)cc1.[Ir]. The van der Waals surface area contributed by atoms with E-state index < -0.39 is 14.9 Å². The monoisotopic (exact) mass is 1110 g/mol. The standard InChI is InChI=1S/C48H40N3O.C15H18NSi.Ir/c1-28(2)40-25-35(32-13-8-7-9-14-32)26-41(29(3)4)46(40)51-45-31(6)49-42-18-11-10-15-38(42)44(45)50-48(51)39-17-12-16-37-36-24-23-34(27-43(36)52-47(37)39)33-21-19-30(5)20-22-33;1-12-5-7-13(8-6-12)15-10-9-14(11-16-15)17(2,3)4;/h7-16,18-29H,1-6H3;5-7,9-11H,1-4H3;/q2*-1;/i;1D3;. The van der Waals surface area contributed by atoms with Gasteiger partial charge >= 0.3 is 0 Å². The quantitative estimate of drug-likeness (QED) is 0.112. The summed E-state index contributed by atoms with van der Waals surface area (Å²) < 4.78 is 31.3. The number of aromatic nitrogens is 4. The minimum atomic E-state index is -2.08. The number of aryl methyl sites for hydroxylation is 3. The van der Waals surface area contributed by atoms with Crippen molar-refractivity contribution in [2.45, 2.75) is 79.9 Å². The Balaban J connectivity index is 0.000000264. The average molecular weight is 1110 g/mol. The van der Waals surface area contributed by atoms with E-state index in [-0.39, 0.29) is 31.9 Å². The van der Waals surface area contributed by atoms with E-state index in [1.807, 2.05) is 24.4 Å². The molecule has 0 spiro atoms. The van der Waals surface area contributed by atoms with Crippen LogP contribution in [0.5, 0.6) is 0 Å². The first-order chi connectivity index (χ1) is 34.4. The van der Waals surface area contributed by atoms with Gasteiger partial charge in [-0.15, -0.1) is 53.6 Å². The fourth-order valence-corrected chi connectivity index (χ4v) is 10.4. The van der Waals surface area contributed by atoms with Crippen LogP contribution < -0.4 is 5.19 Å². The van der Waals surface area contributed by atoms with Gasteiger partial charge in [-0.2, -0.15) is 0 Å². The minimum Gasteiger partial charge on any atom is -0.501 e. The van der Waals surface area contributed by atoms with Gasteiger partial charge in [-0.05, 0) is 94.2 Å². The molecule has 7 heteroatoms. The minimum absolute atomic E-state index is 0. The Bertz CT molecular complexity index is 3700. The van der Waals surface area contributed by atoms with E-state index in [1.165, 1.54) is 39.1 Å². The zero-order valence-electron chi connectivity index (χ0n) is 44.2. The Hall–Kier alpha value is -6.76. The summed E-state index contributed by atoms with van der Waals surface area (Å²) in [6.45, 7) is 18.1. The molecule has 0 bridgehead atoms. The van der Waals surface area contributed by atoms with Gasteiger partial charge in [-0.1, -0.05) is 168 Å². The molecule has 0 saturated heterocycles. The van der Waals surface area contributed by atoms with Gasteiger partial charge in [0.15, 0.2) is 0 Å². The van der Waals surface area contributed by atoms with Crippen molar-refractivity contribution in [3.63, 3.8) is 0 Å². The van der Waals surface area contributed by atoms with E-state index in [9.17, 15) is 0 Å². The number of imidazole rings is 1. The number of hydrogen-bond donors (Lipinski definition) is 0. The molecule has 70 heavy (non-hydrogen) atoms. The van der Waals surface area contributed by atoms with Crippen LogP contribution in [0.25, 0.3) is 94.5 Å². The fraction of sp³-hybridized carbons (Fsp3) is 0.190. The molecule has 0 amide bonds. The first kappa shape index (κ1) is 44.4. The number of hydrogen-bond acceptors (Lipinski definition) is 4. The van der Waals surface area contributed by atoms with E-state index in [0.717, 1.165) is 89.0 Å². The molecule has 5 nitrogen and oxygen atoms in total. The maximum absolute atomic E-state index is 7.35. The number of pyridine rings is 2. The molecule has 0 aliphatic rings. The second kappa shape index (κ2) is 19.6. The van der Waals surface area contributed by atoms with Crippen molar-refractivity contribution in [2.75, 3.05) is 0 Å². The summed E-state index contributed by atoms with van der Waals surface area (Å²) in [5.74, 6) is 1.28. The van der Waals surface area contributed by atoms with Gasteiger partial charge in [0.1, 0.15) is 5.58 Å². The van der Waals surface area contributed by atoms with Crippen molar-refractivity contribution < 1.29 is 28.6 Å². The second-order valence-electron chi connectivity index (χ2n) is 19.8. The van der Waals surface area contributed by atoms with E-state index in [2.05, 4.69) is 198 Å². The molecule has 0 fully saturated rings. The molecule has 351 valence electrons. The summed E-state index contributed by atoms with van der Waals surface area (Å²) >= 11 is 0. The normalized spacial score (nSPS) is 12.5. The van der Waals surface area contributed by atoms with Gasteiger partial charge in [0.2, 0.25) is 0 Å². The van der Waals surface area contributed by atoms with Gasteiger partial charge in [0, 0.05) is 46.9 Å². The van der Waals surface area contributed by atoms with Gasteiger partial charge in [-0.3, -0.25) is 9.97 Å². The van der Waals surface area contributed by atoms with E-state index in [4.69, 9.17) is 18.5 Å². The Morgan fingerprint density at radius 1 is 0.643 bits per heavy atom. The van der Waals surface area contributed by atoms with Crippen LogP contribution in [-0.4, -0.2) is 27.6 Å². The molecule has 0 N–H and O–H groups in total. The predicted octanol–water partition coefficient (Wildman–Crippen LogP) is 16.5. The maximum Gasteiger partial charge on any atom is 0.121 e. The van der Waals surface area contributed by atoms with Crippen LogP contribution >= 0.6 is 0 Å². The first-order valence-electron chi connectivity index (χ1n) is 25.4. The molecule has 11 rings (SSSR count). The van der Waals surface area contributed by atoms with Crippen LogP contribution in [0.4, 0.5) is 0 Å². The van der Waals surface area contributed by atoms with Gasteiger partial charge in [0.05, 0.1) is 41.7 Å². The largest absolute Gasteiger partial charge is 0.501 e. The molecule has 4 aromatic heterocycles. The van der Waals surface area contributed by atoms with Gasteiger partial charge in [0.25, 0.3) is 0 Å². The van der Waals surface area contributed by atoms with Crippen LogP contribution in [-0.2, 0) is 20.1 Å². The van der Waals surface area contributed by atoms with Crippen molar-refractivity contribution in [1.29, 1.82) is 0 Å². The Kier molecular flexibility index (Phi) is 12.4. The number of para-hydroxylation sites is 1. The summed E-state index contributed by atoms with van der Waals surface area (Å²) in [4.78, 5) is 15.2. The van der Waals surface area contributed by atoms with Crippen molar-refractivity contribution in [1.82, 2.24) is 19.5 Å². The third kappa shape index (κ3) is 9.22. The average Bonchev–Trinajstić information content (AvgIpc) is 3.96. The van der Waals surface area contributed by atoms with Crippen LogP contribution in [0.15, 0.2) is 162 Å². The van der Waals surface area contributed by atoms with Crippen LogP contribution in [0, 0.1) is 32.8 Å².